The highest BCUT2D eigenvalue weighted by Gasteiger charge is 2.21. The van der Waals surface area contributed by atoms with Crippen molar-refractivity contribution >= 4 is 16.9 Å². The van der Waals surface area contributed by atoms with E-state index in [1.54, 1.807) is 30.3 Å². The first-order valence-corrected chi connectivity index (χ1v) is 8.23. The average molecular weight is 357 g/mol. The van der Waals surface area contributed by atoms with Crippen LogP contribution in [-0.4, -0.2) is 36.0 Å². The molecule has 3 aromatic rings. The van der Waals surface area contributed by atoms with Crippen molar-refractivity contribution in [2.75, 3.05) is 20.3 Å². The number of carbonyl (C=O) groups is 1. The van der Waals surface area contributed by atoms with Gasteiger partial charge in [-0.25, -0.2) is 9.18 Å². The molecule has 0 bridgehead atoms. The lowest BCUT2D eigenvalue weighted by molar-refractivity contribution is 0.0389. The molecular weight excluding hydrogens is 337 g/mol. The van der Waals surface area contributed by atoms with Crippen LogP contribution in [0.4, 0.5) is 4.39 Å². The molecule has 1 heterocycles. The van der Waals surface area contributed by atoms with Gasteiger partial charge in [-0.3, -0.25) is 0 Å². The molecule has 0 atom stereocenters. The molecule has 1 aromatic heterocycles. The summed E-state index contributed by atoms with van der Waals surface area (Å²) < 4.78 is 25.3. The fraction of sp³-hybridized carbons (Fsp3) is 0.250. The van der Waals surface area contributed by atoms with Crippen LogP contribution in [0.25, 0.3) is 10.9 Å². The monoisotopic (exact) mass is 357 g/mol. The van der Waals surface area contributed by atoms with Crippen molar-refractivity contribution in [1.82, 2.24) is 4.57 Å². The van der Waals surface area contributed by atoms with Crippen molar-refractivity contribution in [3.63, 3.8) is 0 Å². The van der Waals surface area contributed by atoms with Gasteiger partial charge in [0.1, 0.15) is 18.2 Å². The zero-order valence-corrected chi connectivity index (χ0v) is 14.7. The van der Waals surface area contributed by atoms with E-state index in [2.05, 4.69) is 0 Å². The van der Waals surface area contributed by atoms with E-state index < -0.39 is 5.97 Å². The largest absolute Gasteiger partial charge is 0.508 e. The van der Waals surface area contributed by atoms with Gasteiger partial charge in [-0.1, -0.05) is 12.1 Å². The first-order valence-electron chi connectivity index (χ1n) is 8.23. The number of aromatic nitrogens is 1. The number of aromatic hydroxyl groups is 1. The zero-order chi connectivity index (χ0) is 18.7. The number of hydrogen-bond acceptors (Lipinski definition) is 4. The van der Waals surface area contributed by atoms with Crippen molar-refractivity contribution in [1.29, 1.82) is 0 Å². The summed E-state index contributed by atoms with van der Waals surface area (Å²) in [6.45, 7) is 2.76. The Morgan fingerprint density at radius 1 is 1.15 bits per heavy atom. The van der Waals surface area contributed by atoms with Crippen LogP contribution in [0.5, 0.6) is 5.75 Å². The van der Waals surface area contributed by atoms with Crippen LogP contribution >= 0.6 is 0 Å². The van der Waals surface area contributed by atoms with Gasteiger partial charge < -0.3 is 19.1 Å². The topological polar surface area (TPSA) is 60.7 Å². The van der Waals surface area contributed by atoms with Gasteiger partial charge in [0.2, 0.25) is 0 Å². The summed E-state index contributed by atoms with van der Waals surface area (Å²) in [4.78, 5) is 12.6. The molecule has 26 heavy (non-hydrogen) atoms. The molecule has 0 aliphatic heterocycles. The van der Waals surface area contributed by atoms with E-state index in [0.29, 0.717) is 24.1 Å². The SMILES string of the molecule is COCCOC(=O)c1c(C)n(Cc2ccc(F)cc2)c2ccc(O)cc12. The van der Waals surface area contributed by atoms with E-state index >= 15 is 0 Å². The molecule has 0 fully saturated rings. The van der Waals surface area contributed by atoms with Gasteiger partial charge in [0, 0.05) is 30.3 Å². The first-order chi connectivity index (χ1) is 12.5. The number of nitrogens with zero attached hydrogens (tertiary/aromatic N) is 1. The number of phenolic OH excluding ortho intramolecular Hbond substituents is 1. The van der Waals surface area contributed by atoms with Crippen LogP contribution in [0.3, 0.4) is 0 Å². The summed E-state index contributed by atoms with van der Waals surface area (Å²) >= 11 is 0. The van der Waals surface area contributed by atoms with Gasteiger partial charge in [0.25, 0.3) is 0 Å². The molecule has 0 radical (unpaired) electrons. The minimum atomic E-state index is -0.465. The van der Waals surface area contributed by atoms with Crippen molar-refractivity contribution < 1.29 is 23.8 Å². The van der Waals surface area contributed by atoms with Crippen LogP contribution < -0.4 is 0 Å². The molecule has 5 nitrogen and oxygen atoms in total. The molecule has 0 unspecified atom stereocenters. The summed E-state index contributed by atoms with van der Waals surface area (Å²) in [5.74, 6) is -0.689. The molecule has 2 aromatic carbocycles. The zero-order valence-electron chi connectivity index (χ0n) is 14.7. The molecule has 0 saturated heterocycles. The van der Waals surface area contributed by atoms with E-state index in [1.165, 1.54) is 19.2 Å². The molecule has 136 valence electrons. The maximum absolute atomic E-state index is 13.2. The average Bonchev–Trinajstić information content (AvgIpc) is 2.88. The fourth-order valence-electron chi connectivity index (χ4n) is 2.99. The fourth-order valence-corrected chi connectivity index (χ4v) is 2.99. The molecule has 1 N–H and O–H groups in total. The van der Waals surface area contributed by atoms with Crippen molar-refractivity contribution in [3.05, 3.63) is 65.1 Å². The number of rotatable bonds is 6. The van der Waals surface area contributed by atoms with Crippen molar-refractivity contribution in [3.8, 4) is 5.75 Å². The van der Waals surface area contributed by atoms with Gasteiger partial charge in [0.15, 0.2) is 0 Å². The predicted molar refractivity (Wildman–Crippen MR) is 96.0 cm³/mol. The number of hydrogen-bond donors (Lipinski definition) is 1. The lowest BCUT2D eigenvalue weighted by Crippen LogP contribution is -2.11. The second kappa shape index (κ2) is 7.58. The minimum absolute atomic E-state index is 0.0716. The third-order valence-electron chi connectivity index (χ3n) is 4.29. The van der Waals surface area contributed by atoms with Gasteiger partial charge in [-0.05, 0) is 42.8 Å². The third kappa shape index (κ3) is 3.55. The number of carbonyl (C=O) groups excluding carboxylic acids is 1. The Morgan fingerprint density at radius 3 is 2.58 bits per heavy atom. The Balaban J connectivity index is 2.04. The molecular formula is C20H20FNO4. The predicted octanol–water partition coefficient (Wildman–Crippen LogP) is 3.65. The van der Waals surface area contributed by atoms with Crippen molar-refractivity contribution in [2.24, 2.45) is 0 Å². The molecule has 0 amide bonds. The van der Waals surface area contributed by atoms with Crippen LogP contribution in [0, 0.1) is 12.7 Å². The maximum atomic E-state index is 13.2. The number of esters is 1. The van der Waals surface area contributed by atoms with Crippen LogP contribution in [0.2, 0.25) is 0 Å². The summed E-state index contributed by atoms with van der Waals surface area (Å²) in [5.41, 5.74) is 2.83. The standard InChI is InChI=1S/C20H20FNO4/c1-13-19(20(24)26-10-9-25-2)17-11-16(23)7-8-18(17)22(13)12-14-3-5-15(21)6-4-14/h3-8,11,23H,9-10,12H2,1-2H3. The summed E-state index contributed by atoms with van der Waals surface area (Å²) in [5, 5.41) is 10.5. The van der Waals surface area contributed by atoms with Gasteiger partial charge in [0.05, 0.1) is 12.2 Å². The third-order valence-corrected chi connectivity index (χ3v) is 4.29. The Morgan fingerprint density at radius 2 is 1.88 bits per heavy atom. The van der Waals surface area contributed by atoms with Gasteiger partial charge in [-0.15, -0.1) is 0 Å². The lowest BCUT2D eigenvalue weighted by atomic mass is 10.1. The Bertz CT molecular complexity index is 931. The van der Waals surface area contributed by atoms with E-state index in [1.807, 2.05) is 11.5 Å². The Hall–Kier alpha value is -2.86. The highest BCUT2D eigenvalue weighted by molar-refractivity contribution is 6.06. The van der Waals surface area contributed by atoms with Crippen LogP contribution in [0.1, 0.15) is 21.6 Å². The number of fused-ring (bicyclic) bond motifs is 1. The Kier molecular flexibility index (Phi) is 5.23. The van der Waals surface area contributed by atoms with E-state index in [9.17, 15) is 14.3 Å². The maximum Gasteiger partial charge on any atom is 0.340 e. The molecule has 0 aliphatic carbocycles. The van der Waals surface area contributed by atoms with E-state index in [4.69, 9.17) is 9.47 Å². The number of phenols is 1. The normalized spacial score (nSPS) is 11.0. The molecule has 0 aliphatic rings. The molecule has 0 spiro atoms. The molecule has 0 saturated carbocycles. The second-order valence-corrected chi connectivity index (χ2v) is 6.00. The highest BCUT2D eigenvalue weighted by atomic mass is 19.1. The number of ether oxygens (including phenoxy) is 2. The summed E-state index contributed by atoms with van der Waals surface area (Å²) in [6, 6.07) is 11.1. The molecule has 6 heteroatoms. The number of benzene rings is 2. The summed E-state index contributed by atoms with van der Waals surface area (Å²) in [6.07, 6.45) is 0. The van der Waals surface area contributed by atoms with Crippen LogP contribution in [-0.2, 0) is 16.0 Å². The minimum Gasteiger partial charge on any atom is -0.508 e. The molecule has 3 rings (SSSR count). The Labute approximate surface area is 150 Å². The van der Waals surface area contributed by atoms with Gasteiger partial charge in [-0.2, -0.15) is 0 Å². The smallest absolute Gasteiger partial charge is 0.340 e. The van der Waals surface area contributed by atoms with Crippen molar-refractivity contribution in [2.45, 2.75) is 13.5 Å². The second-order valence-electron chi connectivity index (χ2n) is 6.00. The van der Waals surface area contributed by atoms with E-state index in [0.717, 1.165) is 16.8 Å². The lowest BCUT2D eigenvalue weighted by Gasteiger charge is -2.09. The first kappa shape index (κ1) is 17.9. The quantitative estimate of drug-likeness (QED) is 0.540. The van der Waals surface area contributed by atoms with E-state index in [-0.39, 0.29) is 18.2 Å². The van der Waals surface area contributed by atoms with Crippen LogP contribution in [0.15, 0.2) is 42.5 Å². The highest BCUT2D eigenvalue weighted by Crippen LogP contribution is 2.30. The summed E-state index contributed by atoms with van der Waals surface area (Å²) in [7, 11) is 1.53. The van der Waals surface area contributed by atoms with Gasteiger partial charge >= 0.3 is 5.97 Å². The number of methoxy groups -OCH3 is 1. The number of halogens is 1.